The van der Waals surface area contributed by atoms with Gasteiger partial charge in [0.1, 0.15) is 0 Å². The lowest BCUT2D eigenvalue weighted by molar-refractivity contribution is 0.160. The van der Waals surface area contributed by atoms with Crippen LogP contribution in [0.3, 0.4) is 0 Å². The largest absolute Gasteiger partial charge is 0.326 e. The van der Waals surface area contributed by atoms with E-state index in [4.69, 9.17) is 5.26 Å². The minimum absolute atomic E-state index is 0.0611. The third kappa shape index (κ3) is 4.49. The van der Waals surface area contributed by atoms with Crippen molar-refractivity contribution in [1.29, 1.82) is 10.5 Å². The summed E-state index contributed by atoms with van der Waals surface area (Å²) in [5.41, 5.74) is 6.42. The molecular weight excluding hydrogens is 434 g/mol. The fraction of sp³-hybridized carbons (Fsp3) is 0.276. The maximum Gasteiger partial charge on any atom is 0.326 e. The number of benzene rings is 3. The zero-order valence-corrected chi connectivity index (χ0v) is 19.8. The summed E-state index contributed by atoms with van der Waals surface area (Å²) in [7, 11) is 0. The molecule has 2 amide bonds. The van der Waals surface area contributed by atoms with Gasteiger partial charge in [-0.2, -0.15) is 10.5 Å². The zero-order valence-electron chi connectivity index (χ0n) is 19.8. The number of nitriles is 2. The van der Waals surface area contributed by atoms with Crippen LogP contribution in [-0.2, 0) is 12.0 Å². The van der Waals surface area contributed by atoms with Crippen LogP contribution >= 0.6 is 0 Å². The normalized spacial score (nSPS) is 16.4. The van der Waals surface area contributed by atoms with Gasteiger partial charge in [0.25, 0.3) is 0 Å². The zero-order chi connectivity index (χ0) is 24.4. The van der Waals surface area contributed by atoms with Gasteiger partial charge in [0.2, 0.25) is 0 Å². The van der Waals surface area contributed by atoms with Crippen LogP contribution in [0, 0.1) is 29.6 Å². The van der Waals surface area contributed by atoms with E-state index in [1.54, 1.807) is 18.2 Å². The van der Waals surface area contributed by atoms with Gasteiger partial charge in [-0.1, -0.05) is 35.9 Å². The molecule has 0 aromatic heterocycles. The van der Waals surface area contributed by atoms with Crippen molar-refractivity contribution in [2.75, 3.05) is 29.9 Å². The molecular formula is C29H27N5O. The van der Waals surface area contributed by atoms with E-state index in [0.29, 0.717) is 23.4 Å². The lowest BCUT2D eigenvalue weighted by atomic mass is 9.74. The Bertz CT molecular complexity index is 1340. The molecule has 174 valence electrons. The number of hydrogen-bond acceptors (Lipinski definition) is 4. The van der Waals surface area contributed by atoms with Gasteiger partial charge >= 0.3 is 6.03 Å². The molecule has 5 rings (SSSR count). The second-order valence-corrected chi connectivity index (χ2v) is 9.59. The van der Waals surface area contributed by atoms with Crippen molar-refractivity contribution in [3.8, 4) is 12.1 Å². The summed E-state index contributed by atoms with van der Waals surface area (Å²) in [5, 5.41) is 21.2. The highest BCUT2D eigenvalue weighted by Gasteiger charge is 2.46. The van der Waals surface area contributed by atoms with Crippen LogP contribution in [0.2, 0.25) is 0 Å². The Balaban J connectivity index is 1.33. The van der Waals surface area contributed by atoms with Crippen LogP contribution in [-0.4, -0.2) is 30.6 Å². The summed E-state index contributed by atoms with van der Waals surface area (Å²) in [5.74, 6) is 0. The number of fused-ring (bicyclic) bond motifs is 2. The Kier molecular flexibility index (Phi) is 5.99. The molecule has 0 saturated carbocycles. The first-order chi connectivity index (χ1) is 17.0. The first-order valence-electron chi connectivity index (χ1n) is 11.9. The molecule has 1 N–H and O–H groups in total. The van der Waals surface area contributed by atoms with Crippen LogP contribution in [0.4, 0.5) is 16.2 Å². The van der Waals surface area contributed by atoms with Crippen molar-refractivity contribution >= 4 is 17.4 Å². The average molecular weight is 462 g/mol. The molecule has 0 radical (unpaired) electrons. The van der Waals surface area contributed by atoms with E-state index in [2.05, 4.69) is 47.5 Å². The lowest BCUT2D eigenvalue weighted by Crippen LogP contribution is -2.46. The summed E-state index contributed by atoms with van der Waals surface area (Å²) in [6.07, 6.45) is 1.96. The molecule has 0 aliphatic carbocycles. The quantitative estimate of drug-likeness (QED) is 0.572. The highest BCUT2D eigenvalue weighted by molar-refractivity contribution is 6.03. The summed E-state index contributed by atoms with van der Waals surface area (Å²) in [4.78, 5) is 17.7. The second kappa shape index (κ2) is 9.25. The standard InChI is InChI=1S/C29H27N5O/c1-21-5-10-27-26(15-21)29(20-34(27)28(35)32-25-4-2-3-24(16-25)18-31)11-13-33(14-12-29)19-23-8-6-22(17-30)7-9-23/h2-10,15-16H,11-14,19-20H2,1H3,(H,32,35). The van der Waals surface area contributed by atoms with E-state index < -0.39 is 0 Å². The van der Waals surface area contributed by atoms with Gasteiger partial charge < -0.3 is 5.32 Å². The van der Waals surface area contributed by atoms with Crippen molar-refractivity contribution in [1.82, 2.24) is 4.90 Å². The average Bonchev–Trinajstić information content (AvgIpc) is 3.19. The van der Waals surface area contributed by atoms with E-state index in [-0.39, 0.29) is 11.4 Å². The maximum atomic E-state index is 13.3. The molecule has 0 unspecified atom stereocenters. The van der Waals surface area contributed by atoms with Gasteiger partial charge in [-0.25, -0.2) is 4.79 Å². The van der Waals surface area contributed by atoms with Gasteiger partial charge in [-0.05, 0) is 80.4 Å². The Morgan fingerprint density at radius 2 is 1.71 bits per heavy atom. The Labute approximate surface area is 206 Å². The number of likely N-dealkylation sites (tertiary alicyclic amines) is 1. The highest BCUT2D eigenvalue weighted by Crippen LogP contribution is 2.47. The van der Waals surface area contributed by atoms with Crippen LogP contribution in [0.5, 0.6) is 0 Å². The fourth-order valence-corrected chi connectivity index (χ4v) is 5.33. The number of carbonyl (C=O) groups excluding carboxylic acids is 1. The first kappa shape index (κ1) is 22.7. The number of hydrogen-bond donors (Lipinski definition) is 1. The minimum Gasteiger partial charge on any atom is -0.307 e. The monoisotopic (exact) mass is 461 g/mol. The van der Waals surface area contributed by atoms with Crippen molar-refractivity contribution in [2.24, 2.45) is 0 Å². The topological polar surface area (TPSA) is 83.2 Å². The van der Waals surface area contributed by atoms with Gasteiger partial charge in [0, 0.05) is 29.9 Å². The van der Waals surface area contributed by atoms with E-state index in [1.165, 1.54) is 16.7 Å². The number of amides is 2. The number of nitrogens with zero attached hydrogens (tertiary/aromatic N) is 4. The number of piperidine rings is 1. The second-order valence-electron chi connectivity index (χ2n) is 9.59. The summed E-state index contributed by atoms with van der Waals surface area (Å²) in [6, 6.07) is 25.3. The number of aryl methyl sites for hydroxylation is 1. The molecule has 6 nitrogen and oxygen atoms in total. The smallest absolute Gasteiger partial charge is 0.307 e. The molecule has 1 fully saturated rings. The van der Waals surface area contributed by atoms with Crippen molar-refractivity contribution in [3.05, 3.63) is 94.5 Å². The molecule has 6 heteroatoms. The molecule has 2 aliphatic rings. The van der Waals surface area contributed by atoms with Gasteiger partial charge in [-0.15, -0.1) is 0 Å². The van der Waals surface area contributed by atoms with E-state index in [1.807, 2.05) is 35.2 Å². The highest BCUT2D eigenvalue weighted by atomic mass is 16.2. The third-order valence-corrected chi connectivity index (χ3v) is 7.27. The van der Waals surface area contributed by atoms with E-state index >= 15 is 0 Å². The maximum absolute atomic E-state index is 13.3. The van der Waals surface area contributed by atoms with Gasteiger partial charge in [0.05, 0.1) is 23.3 Å². The molecule has 1 saturated heterocycles. The van der Waals surface area contributed by atoms with Crippen LogP contribution in [0.25, 0.3) is 0 Å². The van der Waals surface area contributed by atoms with Crippen LogP contribution in [0.15, 0.2) is 66.7 Å². The fourth-order valence-electron chi connectivity index (χ4n) is 5.33. The summed E-state index contributed by atoms with van der Waals surface area (Å²) in [6.45, 7) is 5.52. The third-order valence-electron chi connectivity index (χ3n) is 7.27. The Hall–Kier alpha value is -4.13. The first-order valence-corrected chi connectivity index (χ1v) is 11.9. The molecule has 2 aliphatic heterocycles. The van der Waals surface area contributed by atoms with Gasteiger partial charge in [0.15, 0.2) is 0 Å². The predicted molar refractivity (Wildman–Crippen MR) is 136 cm³/mol. The number of urea groups is 1. The molecule has 2 heterocycles. The van der Waals surface area contributed by atoms with Crippen LogP contribution < -0.4 is 10.2 Å². The SMILES string of the molecule is Cc1ccc2c(c1)C1(CCN(Cc3ccc(C#N)cc3)CC1)CN2C(=O)Nc1cccc(C#N)c1. The van der Waals surface area contributed by atoms with Crippen molar-refractivity contribution < 1.29 is 4.79 Å². The lowest BCUT2D eigenvalue weighted by Gasteiger charge is -2.40. The van der Waals surface area contributed by atoms with E-state index in [9.17, 15) is 10.1 Å². The number of carbonyl (C=O) groups is 1. The number of nitrogens with one attached hydrogen (secondary N) is 1. The molecule has 3 aromatic rings. The van der Waals surface area contributed by atoms with Crippen molar-refractivity contribution in [2.45, 2.75) is 31.7 Å². The molecule has 1 spiro atoms. The molecule has 3 aromatic carbocycles. The number of rotatable bonds is 3. The van der Waals surface area contributed by atoms with Gasteiger partial charge in [-0.3, -0.25) is 9.80 Å². The Morgan fingerprint density at radius 3 is 2.43 bits per heavy atom. The molecule has 35 heavy (non-hydrogen) atoms. The molecule has 0 atom stereocenters. The number of anilines is 2. The minimum atomic E-state index is -0.165. The summed E-state index contributed by atoms with van der Waals surface area (Å²) < 4.78 is 0. The summed E-state index contributed by atoms with van der Waals surface area (Å²) >= 11 is 0. The molecule has 0 bridgehead atoms. The van der Waals surface area contributed by atoms with E-state index in [0.717, 1.165) is 38.2 Å². The Morgan fingerprint density at radius 1 is 0.971 bits per heavy atom. The predicted octanol–water partition coefficient (Wildman–Crippen LogP) is 5.32. The van der Waals surface area contributed by atoms with Crippen molar-refractivity contribution in [3.63, 3.8) is 0 Å². The van der Waals surface area contributed by atoms with Crippen LogP contribution in [0.1, 0.15) is 40.7 Å².